The molecule has 0 unspecified atom stereocenters. The molecule has 0 fully saturated rings. The maximum absolute atomic E-state index is 11.4. The van der Waals surface area contributed by atoms with E-state index in [0.29, 0.717) is 6.54 Å². The fraction of sp³-hybridized carbons (Fsp3) is 0.556. The highest BCUT2D eigenvalue weighted by atomic mass is 32.2. The number of carboxylic acid groups (broad SMARTS) is 1. The van der Waals surface area contributed by atoms with E-state index in [9.17, 15) is 13.2 Å². The quantitative estimate of drug-likeness (QED) is 0.767. The summed E-state index contributed by atoms with van der Waals surface area (Å²) in [6.45, 7) is 2.09. The number of carbonyl (C=O) groups is 1. The second-order valence-corrected chi connectivity index (χ2v) is 5.77. The van der Waals surface area contributed by atoms with Gasteiger partial charge in [0.15, 0.2) is 9.84 Å². The van der Waals surface area contributed by atoms with E-state index in [1.54, 1.807) is 23.9 Å². The van der Waals surface area contributed by atoms with E-state index in [2.05, 4.69) is 4.98 Å². The Balaban J connectivity index is 2.48. The average Bonchev–Trinajstić information content (AvgIpc) is 2.59. The second-order valence-electron chi connectivity index (χ2n) is 3.46. The number of aryl methyl sites for hydroxylation is 2. The lowest BCUT2D eigenvalue weighted by Gasteiger charge is -2.05. The Bertz CT molecular complexity index is 464. The lowest BCUT2D eigenvalue weighted by atomic mass is 10.5. The molecule has 0 amide bonds. The van der Waals surface area contributed by atoms with E-state index >= 15 is 0 Å². The number of carboxylic acids is 1. The van der Waals surface area contributed by atoms with Crippen molar-refractivity contribution >= 4 is 15.8 Å². The molecule has 1 aromatic heterocycles. The number of rotatable bonds is 6. The maximum atomic E-state index is 11.4. The Morgan fingerprint density at radius 2 is 2.19 bits per heavy atom. The lowest BCUT2D eigenvalue weighted by molar-refractivity contribution is -0.136. The van der Waals surface area contributed by atoms with Gasteiger partial charge in [0, 0.05) is 18.9 Å². The molecule has 6 nitrogen and oxygen atoms in total. The zero-order valence-electron chi connectivity index (χ0n) is 8.96. The molecule has 1 N–H and O–H groups in total. The summed E-state index contributed by atoms with van der Waals surface area (Å²) in [4.78, 5) is 14.2. The van der Waals surface area contributed by atoms with Crippen molar-refractivity contribution in [2.45, 2.75) is 19.9 Å². The first-order valence-electron chi connectivity index (χ1n) is 4.81. The van der Waals surface area contributed by atoms with Gasteiger partial charge < -0.3 is 9.67 Å². The molecule has 0 aliphatic carbocycles. The van der Waals surface area contributed by atoms with Crippen LogP contribution in [-0.2, 0) is 21.2 Å². The molecule has 0 atom stereocenters. The summed E-state index contributed by atoms with van der Waals surface area (Å²) < 4.78 is 24.6. The highest BCUT2D eigenvalue weighted by molar-refractivity contribution is 7.91. The summed E-state index contributed by atoms with van der Waals surface area (Å²) in [6.07, 6.45) is 2.95. The normalized spacial score (nSPS) is 11.6. The summed E-state index contributed by atoms with van der Waals surface area (Å²) in [7, 11) is -3.30. The Labute approximate surface area is 93.8 Å². The minimum absolute atomic E-state index is 0.0581. The van der Waals surface area contributed by atoms with Crippen molar-refractivity contribution in [1.82, 2.24) is 9.55 Å². The van der Waals surface area contributed by atoms with Crippen molar-refractivity contribution in [1.29, 1.82) is 0 Å². The molecular formula is C9H14N2O4S. The van der Waals surface area contributed by atoms with E-state index in [1.807, 2.05) is 0 Å². The fourth-order valence-corrected chi connectivity index (χ4v) is 2.39. The highest BCUT2D eigenvalue weighted by Crippen LogP contribution is 2.00. The summed E-state index contributed by atoms with van der Waals surface area (Å²) >= 11 is 0. The van der Waals surface area contributed by atoms with Crippen LogP contribution in [0.15, 0.2) is 12.4 Å². The van der Waals surface area contributed by atoms with Crippen molar-refractivity contribution in [2.75, 3.05) is 11.5 Å². The summed E-state index contributed by atoms with van der Waals surface area (Å²) in [5, 5.41) is 8.39. The Kier molecular flexibility index (Phi) is 4.05. The van der Waals surface area contributed by atoms with Gasteiger partial charge in [-0.3, -0.25) is 4.79 Å². The van der Waals surface area contributed by atoms with Crippen molar-refractivity contribution in [3.63, 3.8) is 0 Å². The van der Waals surface area contributed by atoms with Crippen molar-refractivity contribution in [2.24, 2.45) is 0 Å². The minimum Gasteiger partial charge on any atom is -0.481 e. The third-order valence-corrected chi connectivity index (χ3v) is 3.82. The van der Waals surface area contributed by atoms with Crippen molar-refractivity contribution in [3.05, 3.63) is 18.2 Å². The van der Waals surface area contributed by atoms with Crippen LogP contribution in [0.4, 0.5) is 0 Å². The third kappa shape index (κ3) is 4.01. The molecule has 1 aromatic rings. The first-order valence-corrected chi connectivity index (χ1v) is 6.63. The molecule has 0 radical (unpaired) electrons. The Morgan fingerprint density at radius 1 is 1.50 bits per heavy atom. The number of sulfone groups is 1. The molecule has 0 saturated carbocycles. The number of nitrogens with zero attached hydrogens (tertiary/aromatic N) is 2. The molecule has 0 aliphatic rings. The van der Waals surface area contributed by atoms with Crippen LogP contribution in [-0.4, -0.2) is 40.6 Å². The summed E-state index contributed by atoms with van der Waals surface area (Å²) in [5.74, 6) is -0.719. The van der Waals surface area contributed by atoms with E-state index in [-0.39, 0.29) is 17.9 Å². The molecule has 1 heterocycles. The van der Waals surface area contributed by atoms with Gasteiger partial charge in [0.05, 0.1) is 17.9 Å². The first kappa shape index (κ1) is 12.7. The van der Waals surface area contributed by atoms with Crippen LogP contribution in [0.2, 0.25) is 0 Å². The van der Waals surface area contributed by atoms with E-state index < -0.39 is 15.8 Å². The van der Waals surface area contributed by atoms with Gasteiger partial charge >= 0.3 is 5.97 Å². The largest absolute Gasteiger partial charge is 0.481 e. The average molecular weight is 246 g/mol. The number of aromatic nitrogens is 2. The third-order valence-electron chi connectivity index (χ3n) is 2.19. The van der Waals surface area contributed by atoms with Crippen molar-refractivity contribution < 1.29 is 18.3 Å². The molecule has 0 aliphatic heterocycles. The molecule has 1 rings (SSSR count). The van der Waals surface area contributed by atoms with Gasteiger partial charge in [0.25, 0.3) is 0 Å². The zero-order chi connectivity index (χ0) is 12.2. The van der Waals surface area contributed by atoms with Gasteiger partial charge in [0.1, 0.15) is 5.82 Å². The summed E-state index contributed by atoms with van der Waals surface area (Å²) in [5.41, 5.74) is 0. The fourth-order valence-electron chi connectivity index (χ4n) is 1.22. The Morgan fingerprint density at radius 3 is 2.69 bits per heavy atom. The summed E-state index contributed by atoms with van der Waals surface area (Å²) in [6, 6.07) is 0. The topological polar surface area (TPSA) is 89.3 Å². The molecule has 16 heavy (non-hydrogen) atoms. The van der Waals surface area contributed by atoms with E-state index in [1.165, 1.54) is 0 Å². The van der Waals surface area contributed by atoms with Gasteiger partial charge in [-0.15, -0.1) is 0 Å². The number of hydrogen-bond donors (Lipinski definition) is 1. The van der Waals surface area contributed by atoms with E-state index in [0.717, 1.165) is 5.82 Å². The monoisotopic (exact) mass is 246 g/mol. The zero-order valence-corrected chi connectivity index (χ0v) is 9.77. The molecule has 7 heteroatoms. The van der Waals surface area contributed by atoms with Crippen LogP contribution in [0, 0.1) is 6.92 Å². The molecule has 0 spiro atoms. The Hall–Kier alpha value is -1.37. The SMILES string of the molecule is Cc1nccn1CCS(=O)(=O)CCC(=O)O. The predicted molar refractivity (Wildman–Crippen MR) is 57.9 cm³/mol. The second kappa shape index (κ2) is 5.11. The smallest absolute Gasteiger partial charge is 0.304 e. The molecule has 0 saturated heterocycles. The lowest BCUT2D eigenvalue weighted by Crippen LogP contribution is -2.18. The van der Waals surface area contributed by atoms with Crippen LogP contribution in [0.25, 0.3) is 0 Å². The van der Waals surface area contributed by atoms with Gasteiger partial charge in [-0.1, -0.05) is 0 Å². The van der Waals surface area contributed by atoms with Crippen LogP contribution in [0.1, 0.15) is 12.2 Å². The van der Waals surface area contributed by atoms with Gasteiger partial charge in [0.2, 0.25) is 0 Å². The number of aliphatic carboxylic acids is 1. The van der Waals surface area contributed by atoms with Crippen LogP contribution < -0.4 is 0 Å². The molecule has 0 bridgehead atoms. The van der Waals surface area contributed by atoms with Crippen LogP contribution in [0.3, 0.4) is 0 Å². The van der Waals surface area contributed by atoms with Gasteiger partial charge in [-0.2, -0.15) is 0 Å². The van der Waals surface area contributed by atoms with Gasteiger partial charge in [-0.25, -0.2) is 13.4 Å². The highest BCUT2D eigenvalue weighted by Gasteiger charge is 2.13. The van der Waals surface area contributed by atoms with Crippen molar-refractivity contribution in [3.8, 4) is 0 Å². The van der Waals surface area contributed by atoms with Crippen LogP contribution in [0.5, 0.6) is 0 Å². The standard InChI is InChI=1S/C9H14N2O4S/c1-8-10-3-4-11(8)5-7-16(14,15)6-2-9(12)13/h3-4H,2,5-7H2,1H3,(H,12,13). The molecule has 90 valence electrons. The molecular weight excluding hydrogens is 232 g/mol. The van der Waals surface area contributed by atoms with Gasteiger partial charge in [-0.05, 0) is 6.92 Å². The number of hydrogen-bond acceptors (Lipinski definition) is 4. The van der Waals surface area contributed by atoms with Crippen LogP contribution >= 0.6 is 0 Å². The molecule has 0 aromatic carbocycles. The number of imidazole rings is 1. The predicted octanol–water partition coefficient (Wildman–Crippen LogP) is 0.0810. The maximum Gasteiger partial charge on any atom is 0.304 e. The first-order chi connectivity index (χ1) is 7.41. The van der Waals surface area contributed by atoms with E-state index in [4.69, 9.17) is 5.11 Å². The minimum atomic E-state index is -3.30.